The van der Waals surface area contributed by atoms with Gasteiger partial charge in [-0.3, -0.25) is 4.68 Å². The molecule has 0 aliphatic heterocycles. The lowest BCUT2D eigenvalue weighted by Crippen LogP contribution is -2.18. The molecule has 3 heteroatoms. The smallest absolute Gasteiger partial charge is 0.0524 e. The minimum absolute atomic E-state index is 0.162. The first-order valence-corrected chi connectivity index (χ1v) is 5.18. The fourth-order valence-corrected chi connectivity index (χ4v) is 1.93. The minimum Gasteiger partial charge on any atom is -0.330 e. The Bertz CT molecular complexity index is 294. The van der Waals surface area contributed by atoms with Crippen LogP contribution < -0.4 is 5.73 Å². The molecule has 14 heavy (non-hydrogen) atoms. The van der Waals surface area contributed by atoms with E-state index in [1.807, 2.05) is 17.9 Å². The number of rotatable bonds is 3. The van der Waals surface area contributed by atoms with E-state index in [0.29, 0.717) is 0 Å². The van der Waals surface area contributed by atoms with E-state index < -0.39 is 0 Å². The second-order valence-corrected chi connectivity index (χ2v) is 4.78. The lowest BCUT2D eigenvalue weighted by atomic mass is 9.88. The van der Waals surface area contributed by atoms with Crippen LogP contribution in [0.5, 0.6) is 0 Å². The molecule has 80 valence electrons. The third kappa shape index (κ3) is 2.35. The fourth-order valence-electron chi connectivity index (χ4n) is 1.93. The maximum atomic E-state index is 5.52. The van der Waals surface area contributed by atoms with Crippen LogP contribution in [-0.2, 0) is 18.9 Å². The average molecular weight is 195 g/mol. The van der Waals surface area contributed by atoms with Gasteiger partial charge in [0.05, 0.1) is 6.20 Å². The molecule has 0 aliphatic rings. The first-order chi connectivity index (χ1) is 6.46. The van der Waals surface area contributed by atoms with Crippen molar-refractivity contribution >= 4 is 0 Å². The summed E-state index contributed by atoms with van der Waals surface area (Å²) in [4.78, 5) is 0. The van der Waals surface area contributed by atoms with Gasteiger partial charge < -0.3 is 5.73 Å². The number of aryl methyl sites for hydroxylation is 2. The van der Waals surface area contributed by atoms with Crippen LogP contribution in [0, 0.1) is 0 Å². The third-order valence-corrected chi connectivity index (χ3v) is 2.38. The molecule has 0 unspecified atom stereocenters. The zero-order valence-corrected chi connectivity index (χ0v) is 9.67. The van der Waals surface area contributed by atoms with Gasteiger partial charge in [0.1, 0.15) is 0 Å². The second-order valence-electron chi connectivity index (χ2n) is 4.78. The van der Waals surface area contributed by atoms with Crippen LogP contribution in [0.15, 0.2) is 6.20 Å². The van der Waals surface area contributed by atoms with E-state index in [9.17, 15) is 0 Å². The Kier molecular flexibility index (Phi) is 3.32. The molecule has 0 saturated heterocycles. The summed E-state index contributed by atoms with van der Waals surface area (Å²) in [5.74, 6) is 0. The molecule has 0 fully saturated rings. The fraction of sp³-hybridized carbons (Fsp3) is 0.727. The number of hydrogen-bond donors (Lipinski definition) is 1. The predicted octanol–water partition coefficient (Wildman–Crippen LogP) is 1.61. The van der Waals surface area contributed by atoms with Crippen LogP contribution in [0.25, 0.3) is 0 Å². The van der Waals surface area contributed by atoms with Crippen LogP contribution >= 0.6 is 0 Å². The van der Waals surface area contributed by atoms with E-state index in [1.54, 1.807) is 0 Å². The lowest BCUT2D eigenvalue weighted by molar-refractivity contribution is 0.516. The van der Waals surface area contributed by atoms with Gasteiger partial charge in [0, 0.05) is 18.2 Å². The molecule has 0 amide bonds. The number of aromatic nitrogens is 2. The zero-order valence-electron chi connectivity index (χ0n) is 9.67. The van der Waals surface area contributed by atoms with E-state index >= 15 is 0 Å². The second kappa shape index (κ2) is 4.13. The highest BCUT2D eigenvalue weighted by molar-refractivity contribution is 5.24. The Hall–Kier alpha value is -0.830. The Morgan fingerprint density at radius 2 is 2.07 bits per heavy atom. The largest absolute Gasteiger partial charge is 0.330 e. The molecule has 2 N–H and O–H groups in total. The van der Waals surface area contributed by atoms with Gasteiger partial charge in [-0.25, -0.2) is 0 Å². The first kappa shape index (κ1) is 11.2. The summed E-state index contributed by atoms with van der Waals surface area (Å²) in [6.45, 7) is 7.40. The zero-order chi connectivity index (χ0) is 10.8. The third-order valence-electron chi connectivity index (χ3n) is 2.38. The maximum absolute atomic E-state index is 5.52. The van der Waals surface area contributed by atoms with Crippen LogP contribution in [0.2, 0.25) is 0 Å². The van der Waals surface area contributed by atoms with Crippen LogP contribution in [-0.4, -0.2) is 16.3 Å². The summed E-state index contributed by atoms with van der Waals surface area (Å²) in [5, 5.41) is 4.31. The number of nitrogens with zero attached hydrogens (tertiary/aromatic N) is 2. The molecule has 1 rings (SSSR count). The van der Waals surface area contributed by atoms with E-state index in [2.05, 4.69) is 25.9 Å². The SMILES string of the molecule is Cn1ncc(CCCN)c1C(C)(C)C. The van der Waals surface area contributed by atoms with Crippen molar-refractivity contribution in [1.29, 1.82) is 0 Å². The van der Waals surface area contributed by atoms with Gasteiger partial charge in [0.2, 0.25) is 0 Å². The van der Waals surface area contributed by atoms with Crippen molar-refractivity contribution in [2.75, 3.05) is 6.54 Å². The summed E-state index contributed by atoms with van der Waals surface area (Å²) in [6, 6.07) is 0. The standard InChI is InChI=1S/C11H21N3/c1-11(2,3)10-9(6-5-7-12)8-13-14(10)4/h8H,5-7,12H2,1-4H3. The maximum Gasteiger partial charge on any atom is 0.0524 e. The molecule has 0 saturated carbocycles. The predicted molar refractivity (Wildman–Crippen MR) is 59.3 cm³/mol. The van der Waals surface area contributed by atoms with Gasteiger partial charge in [-0.05, 0) is 24.9 Å². The highest BCUT2D eigenvalue weighted by atomic mass is 15.3. The van der Waals surface area contributed by atoms with E-state index in [0.717, 1.165) is 19.4 Å². The molecule has 0 aliphatic carbocycles. The normalized spacial score (nSPS) is 12.1. The first-order valence-electron chi connectivity index (χ1n) is 5.18. The van der Waals surface area contributed by atoms with Gasteiger partial charge in [0.25, 0.3) is 0 Å². The Labute approximate surface area is 86.3 Å². The molecule has 1 aromatic heterocycles. The Balaban J connectivity index is 2.95. The Morgan fingerprint density at radius 1 is 1.43 bits per heavy atom. The molecule has 1 aromatic rings. The molecule has 0 bridgehead atoms. The summed E-state index contributed by atoms with van der Waals surface area (Å²) < 4.78 is 1.98. The highest BCUT2D eigenvalue weighted by Crippen LogP contribution is 2.25. The molecule has 0 atom stereocenters. The van der Waals surface area contributed by atoms with Gasteiger partial charge in [-0.1, -0.05) is 20.8 Å². The Morgan fingerprint density at radius 3 is 2.57 bits per heavy atom. The van der Waals surface area contributed by atoms with Gasteiger partial charge in [-0.2, -0.15) is 5.10 Å². The van der Waals surface area contributed by atoms with Crippen molar-refractivity contribution in [3.63, 3.8) is 0 Å². The molecule has 1 heterocycles. The van der Waals surface area contributed by atoms with E-state index in [-0.39, 0.29) is 5.41 Å². The quantitative estimate of drug-likeness (QED) is 0.796. The molecule has 0 radical (unpaired) electrons. The minimum atomic E-state index is 0.162. The number of hydrogen-bond acceptors (Lipinski definition) is 2. The lowest BCUT2D eigenvalue weighted by Gasteiger charge is -2.21. The summed E-state index contributed by atoms with van der Waals surface area (Å²) >= 11 is 0. The van der Waals surface area contributed by atoms with Crippen LogP contribution in [0.1, 0.15) is 38.4 Å². The summed E-state index contributed by atoms with van der Waals surface area (Å²) in [6.07, 6.45) is 4.04. The highest BCUT2D eigenvalue weighted by Gasteiger charge is 2.21. The molecular weight excluding hydrogens is 174 g/mol. The van der Waals surface area contributed by atoms with Crippen LogP contribution in [0.4, 0.5) is 0 Å². The van der Waals surface area contributed by atoms with Crippen molar-refractivity contribution in [2.45, 2.75) is 39.0 Å². The van der Waals surface area contributed by atoms with Gasteiger partial charge in [0.15, 0.2) is 0 Å². The van der Waals surface area contributed by atoms with Gasteiger partial charge in [-0.15, -0.1) is 0 Å². The molecule has 0 spiro atoms. The van der Waals surface area contributed by atoms with E-state index in [1.165, 1.54) is 11.3 Å². The van der Waals surface area contributed by atoms with Crippen molar-refractivity contribution in [1.82, 2.24) is 9.78 Å². The summed E-state index contributed by atoms with van der Waals surface area (Å²) in [7, 11) is 2.01. The van der Waals surface area contributed by atoms with Crippen molar-refractivity contribution < 1.29 is 0 Å². The van der Waals surface area contributed by atoms with Crippen molar-refractivity contribution in [3.05, 3.63) is 17.5 Å². The van der Waals surface area contributed by atoms with Gasteiger partial charge >= 0.3 is 0 Å². The monoisotopic (exact) mass is 195 g/mol. The molecular formula is C11H21N3. The average Bonchev–Trinajstić information content (AvgIpc) is 2.42. The topological polar surface area (TPSA) is 43.8 Å². The van der Waals surface area contributed by atoms with Crippen molar-refractivity contribution in [2.24, 2.45) is 12.8 Å². The molecule has 3 nitrogen and oxygen atoms in total. The van der Waals surface area contributed by atoms with Crippen LogP contribution in [0.3, 0.4) is 0 Å². The van der Waals surface area contributed by atoms with Crippen molar-refractivity contribution in [3.8, 4) is 0 Å². The summed E-state index contributed by atoms with van der Waals surface area (Å²) in [5.41, 5.74) is 8.34. The van der Waals surface area contributed by atoms with E-state index in [4.69, 9.17) is 5.73 Å². The molecule has 0 aromatic carbocycles. The number of nitrogens with two attached hydrogens (primary N) is 1.